The van der Waals surface area contributed by atoms with E-state index in [9.17, 15) is 13.2 Å². The molecule has 29 heavy (non-hydrogen) atoms. The third-order valence-corrected chi connectivity index (χ3v) is 7.50. The lowest BCUT2D eigenvalue weighted by atomic mass is 10.00. The van der Waals surface area contributed by atoms with Crippen LogP contribution in [-0.2, 0) is 27.7 Å². The van der Waals surface area contributed by atoms with Crippen LogP contribution in [-0.4, -0.2) is 25.9 Å². The highest BCUT2D eigenvalue weighted by Gasteiger charge is 2.32. The zero-order valence-electron chi connectivity index (χ0n) is 15.8. The van der Waals surface area contributed by atoms with Gasteiger partial charge in [0.2, 0.25) is 5.91 Å². The Labute approximate surface area is 173 Å². The molecule has 1 N–H and O–H groups in total. The molecule has 0 radical (unpaired) electrons. The average molecular weight is 426 g/mol. The molecule has 5 rings (SSSR count). The molecule has 0 saturated carbocycles. The lowest BCUT2D eigenvalue weighted by Crippen LogP contribution is -2.33. The molecule has 2 aliphatic rings. The summed E-state index contributed by atoms with van der Waals surface area (Å²) in [4.78, 5) is 18.6. The molecule has 0 aliphatic carbocycles. The predicted octanol–water partition coefficient (Wildman–Crippen LogP) is 3.75. The van der Waals surface area contributed by atoms with Crippen LogP contribution < -0.4 is 9.62 Å². The van der Waals surface area contributed by atoms with Crippen molar-refractivity contribution in [1.82, 2.24) is 4.98 Å². The zero-order valence-corrected chi connectivity index (χ0v) is 17.4. The number of amides is 1. The van der Waals surface area contributed by atoms with Crippen molar-refractivity contribution in [3.05, 3.63) is 57.9 Å². The summed E-state index contributed by atoms with van der Waals surface area (Å²) < 4.78 is 28.9. The van der Waals surface area contributed by atoms with E-state index < -0.39 is 10.0 Å². The van der Waals surface area contributed by atoms with Crippen molar-refractivity contribution in [2.45, 2.75) is 31.1 Å². The molecule has 0 atom stereocenters. The number of nitrogens with one attached hydrogen (secondary N) is 1. The molecule has 0 saturated heterocycles. The number of benzene rings is 2. The van der Waals surface area contributed by atoms with Gasteiger partial charge in [-0.15, -0.1) is 11.3 Å². The van der Waals surface area contributed by atoms with Gasteiger partial charge in [0, 0.05) is 29.6 Å². The Kier molecular flexibility index (Phi) is 4.22. The van der Waals surface area contributed by atoms with Gasteiger partial charge in [0.15, 0.2) is 0 Å². The maximum atomic E-state index is 13.1. The van der Waals surface area contributed by atoms with Crippen LogP contribution in [0.15, 0.2) is 46.7 Å². The summed E-state index contributed by atoms with van der Waals surface area (Å²) in [5.41, 5.74) is 4.99. The monoisotopic (exact) mass is 425 g/mol. The molecule has 3 aromatic rings. The van der Waals surface area contributed by atoms with Crippen LogP contribution in [0.1, 0.15) is 22.6 Å². The van der Waals surface area contributed by atoms with Crippen molar-refractivity contribution in [3.63, 3.8) is 0 Å². The second kappa shape index (κ2) is 6.67. The highest BCUT2D eigenvalue weighted by atomic mass is 32.2. The minimum atomic E-state index is -3.74. The van der Waals surface area contributed by atoms with Crippen LogP contribution >= 0.6 is 11.3 Å². The Morgan fingerprint density at radius 3 is 2.66 bits per heavy atom. The van der Waals surface area contributed by atoms with E-state index >= 15 is 0 Å². The summed E-state index contributed by atoms with van der Waals surface area (Å²) in [6.45, 7) is 2.57. The Hall–Kier alpha value is -2.71. The normalized spacial score (nSPS) is 15.5. The summed E-state index contributed by atoms with van der Waals surface area (Å²) in [5.74, 6) is 0.124. The molecule has 1 amide bonds. The number of aryl methyl sites for hydroxylation is 2. The number of rotatable bonds is 4. The van der Waals surface area contributed by atoms with E-state index in [1.807, 2.05) is 24.4 Å². The molecule has 0 spiro atoms. The maximum Gasteiger partial charge on any atom is 0.261 e. The zero-order chi connectivity index (χ0) is 20.2. The number of hydrogen-bond donors (Lipinski definition) is 1. The van der Waals surface area contributed by atoms with Crippen LogP contribution in [0.25, 0.3) is 11.3 Å². The SMILES string of the molecule is Cc1nc(-c2cccc(NS(=O)(=O)c3cc4c5c(c3)CCN5C(=O)CC4)c2)cs1. The van der Waals surface area contributed by atoms with Gasteiger partial charge < -0.3 is 4.90 Å². The van der Waals surface area contributed by atoms with E-state index in [0.29, 0.717) is 31.5 Å². The van der Waals surface area contributed by atoms with Gasteiger partial charge in [-0.2, -0.15) is 0 Å². The third kappa shape index (κ3) is 3.22. The Morgan fingerprint density at radius 1 is 1.10 bits per heavy atom. The van der Waals surface area contributed by atoms with Crippen molar-refractivity contribution < 1.29 is 13.2 Å². The summed E-state index contributed by atoms with van der Waals surface area (Å²) in [6, 6.07) is 10.7. The molecule has 2 aliphatic heterocycles. The first-order valence-electron chi connectivity index (χ1n) is 9.42. The van der Waals surface area contributed by atoms with Gasteiger partial charge in [-0.3, -0.25) is 9.52 Å². The number of carbonyl (C=O) groups is 1. The van der Waals surface area contributed by atoms with E-state index in [1.165, 1.54) is 0 Å². The van der Waals surface area contributed by atoms with Gasteiger partial charge in [-0.1, -0.05) is 12.1 Å². The van der Waals surface area contributed by atoms with Gasteiger partial charge >= 0.3 is 0 Å². The first-order valence-corrected chi connectivity index (χ1v) is 11.8. The fraction of sp³-hybridized carbons (Fsp3) is 0.238. The number of carbonyl (C=O) groups excluding carboxylic acids is 1. The Morgan fingerprint density at radius 2 is 1.90 bits per heavy atom. The number of thiazole rings is 1. The van der Waals surface area contributed by atoms with Crippen LogP contribution in [0.5, 0.6) is 0 Å². The second-order valence-electron chi connectivity index (χ2n) is 7.32. The average Bonchev–Trinajstić information content (AvgIpc) is 3.32. The number of sulfonamides is 1. The highest BCUT2D eigenvalue weighted by Crippen LogP contribution is 2.38. The van der Waals surface area contributed by atoms with E-state index in [4.69, 9.17) is 0 Å². The first-order chi connectivity index (χ1) is 13.9. The van der Waals surface area contributed by atoms with E-state index in [-0.39, 0.29) is 10.8 Å². The van der Waals surface area contributed by atoms with Gasteiger partial charge in [0.05, 0.1) is 21.3 Å². The Bertz CT molecular complexity index is 1250. The van der Waals surface area contributed by atoms with E-state index in [1.54, 1.807) is 40.5 Å². The number of hydrogen-bond acceptors (Lipinski definition) is 5. The van der Waals surface area contributed by atoms with Crippen LogP contribution in [0, 0.1) is 6.92 Å². The van der Waals surface area contributed by atoms with E-state index in [2.05, 4.69) is 9.71 Å². The molecule has 0 unspecified atom stereocenters. The topological polar surface area (TPSA) is 79.4 Å². The predicted molar refractivity (Wildman–Crippen MR) is 114 cm³/mol. The van der Waals surface area contributed by atoms with Gasteiger partial charge in [-0.05, 0) is 55.2 Å². The number of anilines is 2. The molecular weight excluding hydrogens is 406 g/mol. The maximum absolute atomic E-state index is 13.1. The van der Waals surface area contributed by atoms with Crippen molar-refractivity contribution in [2.75, 3.05) is 16.2 Å². The molecule has 8 heteroatoms. The van der Waals surface area contributed by atoms with Crippen molar-refractivity contribution in [1.29, 1.82) is 0 Å². The molecule has 3 heterocycles. The van der Waals surface area contributed by atoms with Crippen LogP contribution in [0.4, 0.5) is 11.4 Å². The van der Waals surface area contributed by atoms with Crippen molar-refractivity contribution >= 4 is 38.6 Å². The Balaban J connectivity index is 1.48. The molecule has 2 aromatic carbocycles. The molecule has 148 valence electrons. The number of aromatic nitrogens is 1. The molecular formula is C21H19N3O3S2. The van der Waals surface area contributed by atoms with Crippen LogP contribution in [0.2, 0.25) is 0 Å². The van der Waals surface area contributed by atoms with E-state index in [0.717, 1.165) is 33.1 Å². The fourth-order valence-corrected chi connectivity index (χ4v) is 5.81. The third-order valence-electron chi connectivity index (χ3n) is 5.37. The summed E-state index contributed by atoms with van der Waals surface area (Å²) in [6.07, 6.45) is 1.70. The minimum Gasteiger partial charge on any atom is -0.312 e. The van der Waals surface area contributed by atoms with Crippen molar-refractivity contribution in [3.8, 4) is 11.3 Å². The van der Waals surface area contributed by atoms with Crippen molar-refractivity contribution in [2.24, 2.45) is 0 Å². The second-order valence-corrected chi connectivity index (χ2v) is 10.1. The number of nitrogens with zero attached hydrogens (tertiary/aromatic N) is 2. The van der Waals surface area contributed by atoms with Gasteiger partial charge in [-0.25, -0.2) is 13.4 Å². The minimum absolute atomic E-state index is 0.124. The lowest BCUT2D eigenvalue weighted by Gasteiger charge is -2.25. The highest BCUT2D eigenvalue weighted by molar-refractivity contribution is 7.92. The summed E-state index contributed by atoms with van der Waals surface area (Å²) in [5, 5.41) is 2.92. The largest absolute Gasteiger partial charge is 0.312 e. The lowest BCUT2D eigenvalue weighted by molar-refractivity contribution is -0.118. The first kappa shape index (κ1) is 18.3. The van der Waals surface area contributed by atoms with Gasteiger partial charge in [0.25, 0.3) is 10.0 Å². The van der Waals surface area contributed by atoms with Gasteiger partial charge in [0.1, 0.15) is 0 Å². The fourth-order valence-electron chi connectivity index (χ4n) is 4.03. The molecule has 0 fully saturated rings. The smallest absolute Gasteiger partial charge is 0.261 e. The summed E-state index contributed by atoms with van der Waals surface area (Å²) >= 11 is 1.56. The standard InChI is InChI=1S/C21H19N3O3S2/c1-13-22-19(12-28-13)14-3-2-4-17(9-14)23-29(26,27)18-10-15-5-6-20(25)24-8-7-16(11-18)21(15)24/h2-4,9-12,23H,5-8H2,1H3. The molecule has 6 nitrogen and oxygen atoms in total. The molecule has 0 bridgehead atoms. The quantitative estimate of drug-likeness (QED) is 0.690. The summed E-state index contributed by atoms with van der Waals surface area (Å²) in [7, 11) is -3.74. The van der Waals surface area contributed by atoms with Crippen LogP contribution in [0.3, 0.4) is 0 Å². The molecule has 1 aromatic heterocycles.